The van der Waals surface area contributed by atoms with Crippen LogP contribution in [0.2, 0.25) is 0 Å². The Hall–Kier alpha value is -2.14. The number of fused-ring (bicyclic) bond motifs is 1. The van der Waals surface area contributed by atoms with Gasteiger partial charge in [-0.05, 0) is 12.1 Å². The molecule has 0 spiro atoms. The summed E-state index contributed by atoms with van der Waals surface area (Å²) in [6, 6.07) is 5.98. The van der Waals surface area contributed by atoms with Crippen molar-refractivity contribution in [3.63, 3.8) is 0 Å². The average molecular weight is 234 g/mol. The van der Waals surface area contributed by atoms with E-state index in [0.717, 1.165) is 0 Å². The molecule has 0 saturated heterocycles. The summed E-state index contributed by atoms with van der Waals surface area (Å²) in [4.78, 5) is 21.9. The quantitative estimate of drug-likeness (QED) is 0.456. The van der Waals surface area contributed by atoms with Crippen LogP contribution >= 0.6 is 0 Å². The molecule has 17 heavy (non-hydrogen) atoms. The maximum Gasteiger partial charge on any atom is 0.336 e. The van der Waals surface area contributed by atoms with E-state index in [1.54, 1.807) is 12.1 Å². The van der Waals surface area contributed by atoms with Crippen LogP contribution in [0.25, 0.3) is 11.0 Å². The fourth-order valence-electron chi connectivity index (χ4n) is 1.45. The van der Waals surface area contributed by atoms with E-state index in [1.165, 1.54) is 19.2 Å². The molecular formula is C12H10O5. The van der Waals surface area contributed by atoms with Gasteiger partial charge in [0.25, 0.3) is 0 Å². The molecule has 0 saturated carbocycles. The summed E-state index contributed by atoms with van der Waals surface area (Å²) >= 11 is 0. The van der Waals surface area contributed by atoms with E-state index >= 15 is 0 Å². The number of hydrogen-bond donors (Lipinski definition) is 0. The molecule has 5 heteroatoms. The number of hydrogen-bond acceptors (Lipinski definition) is 5. The summed E-state index contributed by atoms with van der Waals surface area (Å²) in [7, 11) is 1.47. The second-order valence-corrected chi connectivity index (χ2v) is 3.35. The Balaban J connectivity index is 2.56. The summed E-state index contributed by atoms with van der Waals surface area (Å²) in [5.41, 5.74) is 0.298. The Morgan fingerprint density at radius 2 is 2.18 bits per heavy atom. The van der Waals surface area contributed by atoms with Gasteiger partial charge in [0, 0.05) is 24.6 Å². The van der Waals surface area contributed by atoms with Crippen molar-refractivity contribution in [3.05, 3.63) is 40.2 Å². The van der Waals surface area contributed by atoms with Crippen molar-refractivity contribution in [1.29, 1.82) is 0 Å². The molecule has 0 aliphatic carbocycles. The first kappa shape index (κ1) is 11.3. The Morgan fingerprint density at radius 1 is 1.35 bits per heavy atom. The third kappa shape index (κ3) is 2.34. The predicted octanol–water partition coefficient (Wildman–Crippen LogP) is 1.59. The maximum absolute atomic E-state index is 11.1. The maximum atomic E-state index is 11.1. The first-order valence-corrected chi connectivity index (χ1v) is 4.89. The van der Waals surface area contributed by atoms with Crippen LogP contribution in [0.15, 0.2) is 33.5 Å². The van der Waals surface area contributed by atoms with Gasteiger partial charge in [0.15, 0.2) is 13.1 Å². The van der Waals surface area contributed by atoms with Crippen molar-refractivity contribution in [2.45, 2.75) is 0 Å². The van der Waals surface area contributed by atoms with E-state index in [0.29, 0.717) is 28.6 Å². The standard InChI is InChI=1S/C12H10O5/c1-15-7-16-10-5-11-8(4-9(10)6-13)2-3-12(14)17-11/h2-6H,7H2,1H3. The Labute approximate surface area is 96.6 Å². The molecule has 0 fully saturated rings. The van der Waals surface area contributed by atoms with Crippen molar-refractivity contribution in [2.75, 3.05) is 13.9 Å². The van der Waals surface area contributed by atoms with Gasteiger partial charge in [-0.3, -0.25) is 4.79 Å². The monoisotopic (exact) mass is 234 g/mol. The van der Waals surface area contributed by atoms with Crippen LogP contribution in [0.5, 0.6) is 5.75 Å². The van der Waals surface area contributed by atoms with Gasteiger partial charge in [-0.15, -0.1) is 0 Å². The third-order valence-electron chi connectivity index (χ3n) is 2.21. The van der Waals surface area contributed by atoms with Crippen molar-refractivity contribution in [3.8, 4) is 5.75 Å². The van der Waals surface area contributed by atoms with E-state index in [2.05, 4.69) is 0 Å². The second kappa shape index (κ2) is 4.80. The van der Waals surface area contributed by atoms with Crippen LogP contribution in [0, 0.1) is 0 Å². The van der Waals surface area contributed by atoms with Crippen molar-refractivity contribution < 1.29 is 18.7 Å². The molecule has 0 bridgehead atoms. The molecule has 1 aromatic carbocycles. The van der Waals surface area contributed by atoms with Gasteiger partial charge >= 0.3 is 5.63 Å². The van der Waals surface area contributed by atoms with Gasteiger partial charge in [-0.25, -0.2) is 4.79 Å². The average Bonchev–Trinajstić information content (AvgIpc) is 2.35. The predicted molar refractivity (Wildman–Crippen MR) is 60.4 cm³/mol. The molecule has 0 amide bonds. The lowest BCUT2D eigenvalue weighted by molar-refractivity contribution is 0.0506. The number of benzene rings is 1. The third-order valence-corrected chi connectivity index (χ3v) is 2.21. The molecule has 1 aromatic heterocycles. The minimum Gasteiger partial charge on any atom is -0.467 e. The zero-order chi connectivity index (χ0) is 12.3. The molecular weight excluding hydrogens is 224 g/mol. The smallest absolute Gasteiger partial charge is 0.336 e. The second-order valence-electron chi connectivity index (χ2n) is 3.35. The number of ether oxygens (including phenoxy) is 2. The van der Waals surface area contributed by atoms with Crippen LogP contribution in [0.3, 0.4) is 0 Å². The molecule has 5 nitrogen and oxygen atoms in total. The summed E-state index contributed by atoms with van der Waals surface area (Å²) in [6.45, 7) is 0.0173. The highest BCUT2D eigenvalue weighted by Crippen LogP contribution is 2.24. The molecule has 2 aromatic rings. The Kier molecular flexibility index (Phi) is 3.20. The molecule has 2 rings (SSSR count). The topological polar surface area (TPSA) is 65.7 Å². The first-order valence-electron chi connectivity index (χ1n) is 4.89. The Bertz CT molecular complexity index is 599. The largest absolute Gasteiger partial charge is 0.467 e. The molecule has 0 aliphatic rings. The highest BCUT2D eigenvalue weighted by Gasteiger charge is 2.07. The number of methoxy groups -OCH3 is 1. The normalized spacial score (nSPS) is 10.4. The van der Waals surface area contributed by atoms with Crippen LogP contribution in [0.4, 0.5) is 0 Å². The summed E-state index contributed by atoms with van der Waals surface area (Å²) in [5.74, 6) is 0.323. The fraction of sp³-hybridized carbons (Fsp3) is 0.167. The molecule has 1 heterocycles. The minimum atomic E-state index is -0.450. The van der Waals surface area contributed by atoms with E-state index in [-0.39, 0.29) is 6.79 Å². The van der Waals surface area contributed by atoms with Crippen molar-refractivity contribution in [1.82, 2.24) is 0 Å². The fourth-order valence-corrected chi connectivity index (χ4v) is 1.45. The van der Waals surface area contributed by atoms with Crippen LogP contribution < -0.4 is 10.4 Å². The van der Waals surface area contributed by atoms with Gasteiger partial charge in [0.05, 0.1) is 5.56 Å². The number of aldehydes is 1. The number of rotatable bonds is 4. The van der Waals surface area contributed by atoms with E-state index in [4.69, 9.17) is 13.9 Å². The molecule has 0 N–H and O–H groups in total. The molecule has 0 radical (unpaired) electrons. The highest BCUT2D eigenvalue weighted by molar-refractivity contribution is 5.89. The van der Waals surface area contributed by atoms with E-state index in [9.17, 15) is 9.59 Å². The molecule has 0 atom stereocenters. The van der Waals surface area contributed by atoms with Gasteiger partial charge in [0.2, 0.25) is 0 Å². The van der Waals surface area contributed by atoms with Crippen molar-refractivity contribution in [2.24, 2.45) is 0 Å². The zero-order valence-corrected chi connectivity index (χ0v) is 9.14. The highest BCUT2D eigenvalue weighted by atomic mass is 16.7. The van der Waals surface area contributed by atoms with E-state index in [1.807, 2.05) is 0 Å². The van der Waals surface area contributed by atoms with Crippen LogP contribution in [0.1, 0.15) is 10.4 Å². The number of carbonyl (C=O) groups excluding carboxylic acids is 1. The molecule has 0 unspecified atom stereocenters. The lowest BCUT2D eigenvalue weighted by Crippen LogP contribution is -2.02. The van der Waals surface area contributed by atoms with E-state index < -0.39 is 5.63 Å². The first-order chi connectivity index (χ1) is 8.24. The lowest BCUT2D eigenvalue weighted by atomic mass is 10.1. The van der Waals surface area contributed by atoms with Gasteiger partial charge in [0.1, 0.15) is 11.3 Å². The summed E-state index contributed by atoms with van der Waals surface area (Å²) in [6.07, 6.45) is 0.676. The molecule has 88 valence electrons. The summed E-state index contributed by atoms with van der Waals surface area (Å²) < 4.78 is 14.9. The zero-order valence-electron chi connectivity index (χ0n) is 9.14. The SMILES string of the molecule is COCOc1cc2oc(=O)ccc2cc1C=O. The Morgan fingerprint density at radius 3 is 2.88 bits per heavy atom. The van der Waals surface area contributed by atoms with Crippen molar-refractivity contribution >= 4 is 17.3 Å². The van der Waals surface area contributed by atoms with Crippen LogP contribution in [-0.2, 0) is 4.74 Å². The van der Waals surface area contributed by atoms with Gasteiger partial charge in [-0.1, -0.05) is 0 Å². The summed E-state index contributed by atoms with van der Waals surface area (Å²) in [5, 5.41) is 0.663. The lowest BCUT2D eigenvalue weighted by Gasteiger charge is -2.07. The number of carbonyl (C=O) groups is 1. The molecule has 0 aliphatic heterocycles. The van der Waals surface area contributed by atoms with Gasteiger partial charge < -0.3 is 13.9 Å². The van der Waals surface area contributed by atoms with Gasteiger partial charge in [-0.2, -0.15) is 0 Å². The van der Waals surface area contributed by atoms with Crippen LogP contribution in [-0.4, -0.2) is 20.2 Å². The minimum absolute atomic E-state index is 0.0173.